The van der Waals surface area contributed by atoms with E-state index in [4.69, 9.17) is 9.47 Å². The van der Waals surface area contributed by atoms with Crippen molar-refractivity contribution in [3.05, 3.63) is 95.6 Å². The molecule has 3 aromatic carbocycles. The molecule has 6 nitrogen and oxygen atoms in total. The monoisotopic (exact) mass is 415 g/mol. The Labute approximate surface area is 180 Å². The van der Waals surface area contributed by atoms with Crippen LogP contribution >= 0.6 is 0 Å². The number of para-hydroxylation sites is 1. The molecular formula is C25H21NO5. The molecule has 1 fully saturated rings. The molecule has 1 heterocycles. The second-order valence-corrected chi connectivity index (χ2v) is 6.98. The number of nitrogens with zero attached hydrogens (tertiary/aromatic N) is 1. The standard InChI is InChI=1S/C25H21NO5/c1-30-18-13-14-19(20(15-18)31-2)23(27)21-22(16-9-5-3-6-10-16)26(25(29)24(21)28)17-11-7-4-8-12-17/h3-15,22,27H,1-2H3/b23-21-. The van der Waals surface area contributed by atoms with Gasteiger partial charge in [0.2, 0.25) is 0 Å². The Kier molecular flexibility index (Phi) is 5.45. The molecule has 1 aliphatic heterocycles. The van der Waals surface area contributed by atoms with Gasteiger partial charge < -0.3 is 14.6 Å². The van der Waals surface area contributed by atoms with Crippen LogP contribution in [0.4, 0.5) is 5.69 Å². The summed E-state index contributed by atoms with van der Waals surface area (Å²) in [7, 11) is 2.98. The van der Waals surface area contributed by atoms with Crippen LogP contribution in [0.25, 0.3) is 5.76 Å². The molecule has 0 saturated carbocycles. The number of benzene rings is 3. The number of carbonyl (C=O) groups excluding carboxylic acids is 2. The summed E-state index contributed by atoms with van der Waals surface area (Å²) >= 11 is 0. The summed E-state index contributed by atoms with van der Waals surface area (Å²) in [4.78, 5) is 27.6. The van der Waals surface area contributed by atoms with Gasteiger partial charge in [0.1, 0.15) is 17.3 Å². The molecule has 3 aromatic rings. The van der Waals surface area contributed by atoms with Crippen LogP contribution in [0.3, 0.4) is 0 Å². The van der Waals surface area contributed by atoms with E-state index >= 15 is 0 Å². The number of aliphatic hydroxyl groups excluding tert-OH is 1. The first-order valence-corrected chi connectivity index (χ1v) is 9.70. The molecule has 156 valence electrons. The Bertz CT molecular complexity index is 1160. The highest BCUT2D eigenvalue weighted by atomic mass is 16.5. The molecule has 4 rings (SSSR count). The topological polar surface area (TPSA) is 76.1 Å². The number of amides is 1. The summed E-state index contributed by atoms with van der Waals surface area (Å²) in [5, 5.41) is 11.2. The van der Waals surface area contributed by atoms with Gasteiger partial charge in [-0.1, -0.05) is 48.5 Å². The summed E-state index contributed by atoms with van der Waals surface area (Å²) in [5.74, 6) is -0.889. The van der Waals surface area contributed by atoms with Crippen LogP contribution in [-0.2, 0) is 9.59 Å². The summed E-state index contributed by atoms with van der Waals surface area (Å²) in [5.41, 5.74) is 1.58. The van der Waals surface area contributed by atoms with Gasteiger partial charge in [0.15, 0.2) is 0 Å². The Morgan fingerprint density at radius 3 is 2.13 bits per heavy atom. The molecule has 1 amide bonds. The molecule has 1 aliphatic rings. The number of ketones is 1. The lowest BCUT2D eigenvalue weighted by Crippen LogP contribution is -2.29. The summed E-state index contributed by atoms with van der Waals surface area (Å²) in [6.45, 7) is 0. The maximum absolute atomic E-state index is 13.1. The normalized spacial score (nSPS) is 17.6. The van der Waals surface area contributed by atoms with Crippen molar-refractivity contribution in [2.75, 3.05) is 19.1 Å². The first-order chi connectivity index (χ1) is 15.1. The second-order valence-electron chi connectivity index (χ2n) is 6.98. The summed E-state index contributed by atoms with van der Waals surface area (Å²) in [6.07, 6.45) is 0. The van der Waals surface area contributed by atoms with Crippen LogP contribution in [0.5, 0.6) is 11.5 Å². The van der Waals surface area contributed by atoms with Gasteiger partial charge in [-0.05, 0) is 29.8 Å². The van der Waals surface area contributed by atoms with Crippen LogP contribution in [0.1, 0.15) is 17.2 Å². The highest BCUT2D eigenvalue weighted by Gasteiger charge is 2.47. The first-order valence-electron chi connectivity index (χ1n) is 9.70. The van der Waals surface area contributed by atoms with Crippen LogP contribution in [0, 0.1) is 0 Å². The largest absolute Gasteiger partial charge is 0.507 e. The zero-order chi connectivity index (χ0) is 22.0. The van der Waals surface area contributed by atoms with Crippen LogP contribution in [0.15, 0.2) is 84.4 Å². The zero-order valence-corrected chi connectivity index (χ0v) is 17.1. The van der Waals surface area contributed by atoms with E-state index in [1.54, 1.807) is 42.5 Å². The van der Waals surface area contributed by atoms with Crippen LogP contribution in [0.2, 0.25) is 0 Å². The van der Waals surface area contributed by atoms with Gasteiger partial charge in [0, 0.05) is 11.8 Å². The Morgan fingerprint density at radius 2 is 1.52 bits per heavy atom. The Balaban J connectivity index is 1.95. The molecular weight excluding hydrogens is 394 g/mol. The molecule has 0 radical (unpaired) electrons. The number of carbonyl (C=O) groups is 2. The number of hydrogen-bond acceptors (Lipinski definition) is 5. The average molecular weight is 415 g/mol. The maximum atomic E-state index is 13.1. The van der Waals surface area contributed by atoms with Crippen molar-refractivity contribution >= 4 is 23.1 Å². The van der Waals surface area contributed by atoms with Crippen molar-refractivity contribution in [2.24, 2.45) is 0 Å². The summed E-state index contributed by atoms with van der Waals surface area (Å²) < 4.78 is 10.6. The fourth-order valence-electron chi connectivity index (χ4n) is 3.78. The lowest BCUT2D eigenvalue weighted by Gasteiger charge is -2.25. The number of rotatable bonds is 5. The van der Waals surface area contributed by atoms with Crippen molar-refractivity contribution in [2.45, 2.75) is 6.04 Å². The van der Waals surface area contributed by atoms with Gasteiger partial charge in [0.05, 0.1) is 31.4 Å². The van der Waals surface area contributed by atoms with E-state index < -0.39 is 17.7 Å². The number of ether oxygens (including phenoxy) is 2. The fourth-order valence-corrected chi connectivity index (χ4v) is 3.78. The summed E-state index contributed by atoms with van der Waals surface area (Å²) in [6, 6.07) is 22.2. The van der Waals surface area contributed by atoms with Gasteiger partial charge in [-0.15, -0.1) is 0 Å². The van der Waals surface area contributed by atoms with Gasteiger partial charge in [-0.2, -0.15) is 0 Å². The maximum Gasteiger partial charge on any atom is 0.300 e. The molecule has 0 aliphatic carbocycles. The van der Waals surface area contributed by atoms with E-state index in [0.717, 1.165) is 0 Å². The predicted octanol–water partition coefficient (Wildman–Crippen LogP) is 4.33. The molecule has 1 N–H and O–H groups in total. The van der Waals surface area contributed by atoms with Gasteiger partial charge in [0.25, 0.3) is 11.7 Å². The molecule has 0 bridgehead atoms. The van der Waals surface area contributed by atoms with E-state index in [-0.39, 0.29) is 11.3 Å². The number of hydrogen-bond donors (Lipinski definition) is 1. The molecule has 1 saturated heterocycles. The average Bonchev–Trinajstić information content (AvgIpc) is 3.09. The van der Waals surface area contributed by atoms with Crippen molar-refractivity contribution in [1.29, 1.82) is 0 Å². The lowest BCUT2D eigenvalue weighted by atomic mass is 9.95. The SMILES string of the molecule is COc1ccc(/C(O)=C2/C(=O)C(=O)N(c3ccccc3)C2c2ccccc2)c(OC)c1. The highest BCUT2D eigenvalue weighted by Crippen LogP contribution is 2.43. The fraction of sp³-hybridized carbons (Fsp3) is 0.120. The van der Waals surface area contributed by atoms with Gasteiger partial charge in [-0.25, -0.2) is 0 Å². The van der Waals surface area contributed by atoms with Gasteiger partial charge >= 0.3 is 0 Å². The van der Waals surface area contributed by atoms with E-state index in [9.17, 15) is 14.7 Å². The molecule has 1 unspecified atom stereocenters. The van der Waals surface area contributed by atoms with E-state index in [1.165, 1.54) is 19.1 Å². The first kappa shape index (κ1) is 20.2. The van der Waals surface area contributed by atoms with Crippen molar-refractivity contribution < 1.29 is 24.2 Å². The quantitative estimate of drug-likeness (QED) is 0.381. The van der Waals surface area contributed by atoms with Crippen LogP contribution < -0.4 is 14.4 Å². The van der Waals surface area contributed by atoms with Crippen molar-refractivity contribution in [3.63, 3.8) is 0 Å². The molecule has 1 atom stereocenters. The minimum Gasteiger partial charge on any atom is -0.507 e. The number of anilines is 1. The minimum atomic E-state index is -0.782. The highest BCUT2D eigenvalue weighted by molar-refractivity contribution is 6.51. The third kappa shape index (κ3) is 3.53. The minimum absolute atomic E-state index is 0.00326. The molecule has 0 aromatic heterocycles. The van der Waals surface area contributed by atoms with E-state index in [1.807, 2.05) is 36.4 Å². The van der Waals surface area contributed by atoms with Gasteiger partial charge in [-0.3, -0.25) is 14.5 Å². The third-order valence-corrected chi connectivity index (χ3v) is 5.26. The smallest absolute Gasteiger partial charge is 0.300 e. The van der Waals surface area contributed by atoms with Crippen molar-refractivity contribution in [3.8, 4) is 11.5 Å². The van der Waals surface area contributed by atoms with Crippen molar-refractivity contribution in [1.82, 2.24) is 0 Å². The number of aliphatic hydroxyl groups is 1. The second kappa shape index (κ2) is 8.36. The Morgan fingerprint density at radius 1 is 0.871 bits per heavy atom. The van der Waals surface area contributed by atoms with Crippen LogP contribution in [-0.4, -0.2) is 31.0 Å². The van der Waals surface area contributed by atoms with E-state index in [2.05, 4.69) is 0 Å². The predicted molar refractivity (Wildman–Crippen MR) is 117 cm³/mol. The van der Waals surface area contributed by atoms with E-state index in [0.29, 0.717) is 28.3 Å². The number of Topliss-reactive ketones (excluding diaryl/α,β-unsaturated/α-hetero) is 1. The molecule has 31 heavy (non-hydrogen) atoms. The third-order valence-electron chi connectivity index (χ3n) is 5.26. The Hall–Kier alpha value is -4.06. The molecule has 6 heteroatoms. The molecule has 0 spiro atoms. The zero-order valence-electron chi connectivity index (χ0n) is 17.1. The lowest BCUT2D eigenvalue weighted by molar-refractivity contribution is -0.132. The number of methoxy groups -OCH3 is 2.